The third kappa shape index (κ3) is 3.24. The summed E-state index contributed by atoms with van der Waals surface area (Å²) in [5, 5.41) is 39.3. The van der Waals surface area contributed by atoms with Crippen molar-refractivity contribution in [2.45, 2.75) is 79.6 Å². The van der Waals surface area contributed by atoms with Gasteiger partial charge in [0.05, 0.1) is 10.9 Å². The first-order valence-electron chi connectivity index (χ1n) is 7.40. The van der Waals surface area contributed by atoms with Crippen molar-refractivity contribution in [1.29, 1.82) is 0 Å². The largest absolute Gasteiger partial charge is 0.390 e. The first kappa shape index (κ1) is 17.8. The number of aliphatic hydroxyl groups is 4. The van der Waals surface area contributed by atoms with Crippen molar-refractivity contribution in [3.63, 3.8) is 0 Å². The summed E-state index contributed by atoms with van der Waals surface area (Å²) >= 11 is 6.54. The monoisotopic (exact) mass is 338 g/mol. The summed E-state index contributed by atoms with van der Waals surface area (Å²) in [6.45, 7) is 5.66. The van der Waals surface area contributed by atoms with Crippen molar-refractivity contribution >= 4 is 24.4 Å². The van der Waals surface area contributed by atoms with Gasteiger partial charge in [0.2, 0.25) is 0 Å². The van der Waals surface area contributed by atoms with Gasteiger partial charge in [0.25, 0.3) is 0 Å². The van der Waals surface area contributed by atoms with E-state index in [0.717, 1.165) is 19.3 Å². The Labute approximate surface area is 135 Å². The number of thiol groups is 1. The van der Waals surface area contributed by atoms with E-state index in [1.165, 1.54) is 0 Å². The van der Waals surface area contributed by atoms with E-state index in [4.69, 9.17) is 17.4 Å². The van der Waals surface area contributed by atoms with Crippen LogP contribution in [-0.2, 0) is 4.74 Å². The fourth-order valence-electron chi connectivity index (χ4n) is 3.17. The van der Waals surface area contributed by atoms with Gasteiger partial charge in [0.15, 0.2) is 6.29 Å². The lowest BCUT2D eigenvalue weighted by molar-refractivity contribution is -0.218. The Hall–Kier alpha value is 0.500. The second kappa shape index (κ2) is 6.19. The molecule has 2 bridgehead atoms. The molecule has 0 aromatic carbocycles. The minimum Gasteiger partial charge on any atom is -0.390 e. The predicted octanol–water partition coefficient (Wildman–Crippen LogP) is 0.744. The van der Waals surface area contributed by atoms with Crippen molar-refractivity contribution in [3.05, 3.63) is 0 Å². The maximum Gasteiger partial charge on any atom is 0.180 e. The minimum absolute atomic E-state index is 0.181. The molecule has 2 fully saturated rings. The van der Waals surface area contributed by atoms with Gasteiger partial charge in [-0.15, -0.1) is 24.4 Å². The number of rotatable bonds is 6. The molecule has 3 unspecified atom stereocenters. The van der Waals surface area contributed by atoms with Gasteiger partial charge in [-0.2, -0.15) is 0 Å². The summed E-state index contributed by atoms with van der Waals surface area (Å²) in [6.07, 6.45) is -2.80. The molecular formula is C14H26O5S2. The maximum absolute atomic E-state index is 10.3. The highest BCUT2D eigenvalue weighted by atomic mass is 32.2. The Morgan fingerprint density at radius 1 is 1.19 bits per heavy atom. The Kier molecular flexibility index (Phi) is 5.26. The summed E-state index contributed by atoms with van der Waals surface area (Å²) < 4.78 is 5.82. The molecule has 2 aliphatic heterocycles. The number of aliphatic hydroxyl groups excluding tert-OH is 3. The summed E-state index contributed by atoms with van der Waals surface area (Å²) in [4.78, 5) is -0.781. The van der Waals surface area contributed by atoms with E-state index in [-0.39, 0.29) is 10.7 Å². The highest BCUT2D eigenvalue weighted by molar-refractivity contribution is 8.03. The van der Waals surface area contributed by atoms with Crippen LogP contribution in [0.2, 0.25) is 0 Å². The van der Waals surface area contributed by atoms with Gasteiger partial charge < -0.3 is 25.2 Å². The lowest BCUT2D eigenvalue weighted by Crippen LogP contribution is -2.55. The first-order chi connectivity index (χ1) is 9.59. The van der Waals surface area contributed by atoms with Crippen molar-refractivity contribution in [3.8, 4) is 0 Å². The van der Waals surface area contributed by atoms with Crippen LogP contribution in [0.1, 0.15) is 40.0 Å². The summed E-state index contributed by atoms with van der Waals surface area (Å²) in [5.74, 6) is -0.181. The molecule has 2 saturated heterocycles. The van der Waals surface area contributed by atoms with Crippen LogP contribution in [-0.4, -0.2) is 60.0 Å². The van der Waals surface area contributed by atoms with Gasteiger partial charge in [-0.05, 0) is 32.1 Å². The molecule has 7 heteroatoms. The lowest BCUT2D eigenvalue weighted by Gasteiger charge is -2.44. The Balaban J connectivity index is 2.19. The molecule has 6 atom stereocenters. The van der Waals surface area contributed by atoms with Gasteiger partial charge in [-0.1, -0.05) is 13.8 Å². The van der Waals surface area contributed by atoms with Crippen molar-refractivity contribution in [1.82, 2.24) is 0 Å². The molecule has 124 valence electrons. The van der Waals surface area contributed by atoms with Gasteiger partial charge in [0, 0.05) is 5.25 Å². The molecule has 0 saturated carbocycles. The zero-order valence-corrected chi connectivity index (χ0v) is 14.3. The van der Waals surface area contributed by atoms with Crippen LogP contribution in [0.15, 0.2) is 0 Å². The van der Waals surface area contributed by atoms with Crippen LogP contribution < -0.4 is 0 Å². The summed E-state index contributed by atoms with van der Waals surface area (Å²) in [6, 6.07) is 0. The molecule has 0 radical (unpaired) electrons. The number of hydrogen-bond donors (Lipinski definition) is 5. The topological polar surface area (TPSA) is 90.2 Å². The average molecular weight is 338 g/mol. The molecule has 0 aromatic rings. The highest BCUT2D eigenvalue weighted by Gasteiger charge is 2.60. The summed E-state index contributed by atoms with van der Waals surface area (Å²) in [7, 11) is 0. The molecule has 5 nitrogen and oxygen atoms in total. The second-order valence-electron chi connectivity index (χ2n) is 6.72. The van der Waals surface area contributed by atoms with Crippen molar-refractivity contribution in [2.75, 3.05) is 0 Å². The number of fused-ring (bicyclic) bond motifs is 2. The van der Waals surface area contributed by atoms with Gasteiger partial charge >= 0.3 is 0 Å². The minimum atomic E-state index is -1.96. The van der Waals surface area contributed by atoms with E-state index in [1.807, 2.05) is 11.8 Å². The fourth-order valence-corrected chi connectivity index (χ4v) is 5.74. The molecule has 4 N–H and O–H groups in total. The first-order valence-corrected chi connectivity index (χ1v) is 8.72. The third-order valence-electron chi connectivity index (χ3n) is 4.69. The number of ether oxygens (including phenoxy) is 1. The van der Waals surface area contributed by atoms with Crippen LogP contribution in [0.25, 0.3) is 0 Å². The Morgan fingerprint density at radius 2 is 1.81 bits per heavy atom. The summed E-state index contributed by atoms with van der Waals surface area (Å²) in [5.41, 5.74) is 0. The van der Waals surface area contributed by atoms with E-state index in [0.29, 0.717) is 5.25 Å². The van der Waals surface area contributed by atoms with Crippen LogP contribution >= 0.6 is 24.4 Å². The molecule has 0 aromatic heterocycles. The van der Waals surface area contributed by atoms with Gasteiger partial charge in [-0.25, -0.2) is 0 Å². The fraction of sp³-hybridized carbons (Fsp3) is 1.00. The van der Waals surface area contributed by atoms with E-state index in [9.17, 15) is 20.4 Å². The van der Waals surface area contributed by atoms with Gasteiger partial charge in [-0.3, -0.25) is 0 Å². The zero-order chi connectivity index (χ0) is 16.0. The molecule has 0 spiro atoms. The Bertz CT molecular complexity index is 366. The second-order valence-corrected chi connectivity index (χ2v) is 9.24. The van der Waals surface area contributed by atoms with Crippen molar-refractivity contribution in [2.24, 2.45) is 5.92 Å². The SMILES string of the molecule is CC(C)C(O)C(O[C@@]1(S)C[C@H]2CC[C@]1(C)S2)C(O)C(O)O. The third-order valence-corrected chi connectivity index (χ3v) is 7.42. The lowest BCUT2D eigenvalue weighted by atomic mass is 9.86. The maximum atomic E-state index is 10.3. The standard InChI is InChI=1S/C14H26O5S2/c1-7(2)9(15)11(10(16)12(17)18)19-14(20)6-8-4-5-13(14,3)21-8/h7-12,15-18,20H,4-6H2,1-3H3/t8-,9?,10?,11?,13+,14-/m1/s1. The number of thioether (sulfide) groups is 1. The molecule has 2 rings (SSSR count). The van der Waals surface area contributed by atoms with Gasteiger partial charge in [0.1, 0.15) is 17.1 Å². The van der Waals surface area contributed by atoms with Crippen LogP contribution in [0.3, 0.4) is 0 Å². The van der Waals surface area contributed by atoms with Crippen molar-refractivity contribution < 1.29 is 25.2 Å². The quantitative estimate of drug-likeness (QED) is 0.363. The molecule has 21 heavy (non-hydrogen) atoms. The average Bonchev–Trinajstić information content (AvgIpc) is 2.87. The number of hydrogen-bond acceptors (Lipinski definition) is 7. The van der Waals surface area contributed by atoms with E-state index >= 15 is 0 Å². The molecule has 2 heterocycles. The van der Waals surface area contributed by atoms with E-state index in [1.54, 1.807) is 13.8 Å². The highest BCUT2D eigenvalue weighted by Crippen LogP contribution is 2.63. The predicted molar refractivity (Wildman–Crippen MR) is 85.3 cm³/mol. The normalized spacial score (nSPS) is 40.0. The van der Waals surface area contributed by atoms with Crippen LogP contribution in [0.5, 0.6) is 0 Å². The van der Waals surface area contributed by atoms with E-state index in [2.05, 4.69) is 6.92 Å². The van der Waals surface area contributed by atoms with Crippen LogP contribution in [0, 0.1) is 5.92 Å². The van der Waals surface area contributed by atoms with E-state index < -0.39 is 29.5 Å². The molecule has 0 aliphatic carbocycles. The van der Waals surface area contributed by atoms with Crippen LogP contribution in [0.4, 0.5) is 0 Å². The smallest absolute Gasteiger partial charge is 0.180 e. The zero-order valence-electron chi connectivity index (χ0n) is 12.6. The molecular weight excluding hydrogens is 312 g/mol. The molecule has 0 amide bonds. The Morgan fingerprint density at radius 3 is 2.19 bits per heavy atom. The molecule has 2 aliphatic rings.